The summed E-state index contributed by atoms with van der Waals surface area (Å²) < 4.78 is 0. The number of nitrogens with one attached hydrogen (secondary N) is 3. The van der Waals surface area contributed by atoms with E-state index in [1.54, 1.807) is 18.3 Å². The molecule has 1 aliphatic rings. The first kappa shape index (κ1) is 22.5. The van der Waals surface area contributed by atoms with Crippen molar-refractivity contribution < 1.29 is 9.59 Å². The minimum Gasteiger partial charge on any atom is -0.352 e. The SMILES string of the molecule is CCCCCCCNC(=O)c1ccc(Nc2ncc3c(n2)-c2ccccc2NC(=O)C3)cc1. The van der Waals surface area contributed by atoms with Gasteiger partial charge in [-0.3, -0.25) is 9.59 Å². The van der Waals surface area contributed by atoms with Crippen LogP contribution in [0.5, 0.6) is 0 Å². The third-order valence-corrected chi connectivity index (χ3v) is 5.64. The zero-order chi connectivity index (χ0) is 23.0. The van der Waals surface area contributed by atoms with Crippen LogP contribution in [-0.2, 0) is 11.2 Å². The van der Waals surface area contributed by atoms with Crippen molar-refractivity contribution in [2.24, 2.45) is 0 Å². The van der Waals surface area contributed by atoms with Crippen LogP contribution in [0, 0.1) is 0 Å². The maximum Gasteiger partial charge on any atom is 0.251 e. The minimum absolute atomic E-state index is 0.0629. The van der Waals surface area contributed by atoms with E-state index in [2.05, 4.69) is 32.8 Å². The molecular formula is C26H29N5O2. The molecule has 0 fully saturated rings. The Hall–Kier alpha value is -3.74. The second kappa shape index (κ2) is 10.7. The summed E-state index contributed by atoms with van der Waals surface area (Å²) in [6.07, 6.45) is 7.75. The molecular weight excluding hydrogens is 414 g/mol. The van der Waals surface area contributed by atoms with E-state index in [0.717, 1.165) is 41.0 Å². The molecule has 0 atom stereocenters. The lowest BCUT2D eigenvalue weighted by Gasteiger charge is -2.11. The summed E-state index contributed by atoms with van der Waals surface area (Å²) in [6.45, 7) is 2.89. The highest BCUT2D eigenvalue weighted by molar-refractivity contribution is 6.00. The van der Waals surface area contributed by atoms with E-state index in [0.29, 0.717) is 18.1 Å². The van der Waals surface area contributed by atoms with Gasteiger partial charge in [0, 0.05) is 35.1 Å². The lowest BCUT2D eigenvalue weighted by atomic mass is 10.1. The number of rotatable bonds is 9. The maximum atomic E-state index is 12.3. The quantitative estimate of drug-likeness (QED) is 0.401. The third kappa shape index (κ3) is 5.74. The maximum absolute atomic E-state index is 12.3. The molecule has 1 aromatic heterocycles. The van der Waals surface area contributed by atoms with Gasteiger partial charge in [-0.05, 0) is 36.8 Å². The van der Waals surface area contributed by atoms with Crippen LogP contribution in [0.15, 0.2) is 54.7 Å². The van der Waals surface area contributed by atoms with Gasteiger partial charge in [0.15, 0.2) is 0 Å². The molecule has 33 heavy (non-hydrogen) atoms. The molecule has 7 heteroatoms. The fraction of sp³-hybridized carbons (Fsp3) is 0.308. The van der Waals surface area contributed by atoms with E-state index in [9.17, 15) is 9.59 Å². The zero-order valence-electron chi connectivity index (χ0n) is 18.9. The molecule has 170 valence electrons. The second-order valence-corrected chi connectivity index (χ2v) is 8.21. The number of carbonyl (C=O) groups excluding carboxylic acids is 2. The van der Waals surface area contributed by atoms with Gasteiger partial charge in [0.1, 0.15) is 0 Å². The summed E-state index contributed by atoms with van der Waals surface area (Å²) in [5.74, 6) is 0.287. The van der Waals surface area contributed by atoms with Gasteiger partial charge in [0.25, 0.3) is 5.91 Å². The van der Waals surface area contributed by atoms with Crippen LogP contribution in [0.2, 0.25) is 0 Å². The molecule has 0 saturated heterocycles. The van der Waals surface area contributed by atoms with Crippen LogP contribution < -0.4 is 16.0 Å². The number of nitrogens with zero attached hydrogens (tertiary/aromatic N) is 2. The van der Waals surface area contributed by atoms with Crippen LogP contribution in [0.1, 0.15) is 54.9 Å². The first-order valence-electron chi connectivity index (χ1n) is 11.5. The highest BCUT2D eigenvalue weighted by Crippen LogP contribution is 2.32. The molecule has 0 bridgehead atoms. The van der Waals surface area contributed by atoms with E-state index in [1.807, 2.05) is 36.4 Å². The number of carbonyl (C=O) groups is 2. The molecule has 1 aliphatic heterocycles. The number of hydrogen-bond donors (Lipinski definition) is 3. The summed E-state index contributed by atoms with van der Waals surface area (Å²) in [5.41, 5.74) is 4.52. The molecule has 0 unspecified atom stereocenters. The van der Waals surface area contributed by atoms with Gasteiger partial charge in [-0.2, -0.15) is 0 Å². The van der Waals surface area contributed by atoms with E-state index in [4.69, 9.17) is 0 Å². The molecule has 0 saturated carbocycles. The average Bonchev–Trinajstić information content (AvgIpc) is 2.97. The average molecular weight is 444 g/mol. The van der Waals surface area contributed by atoms with Crippen molar-refractivity contribution in [1.29, 1.82) is 0 Å². The van der Waals surface area contributed by atoms with Crippen molar-refractivity contribution in [3.63, 3.8) is 0 Å². The molecule has 4 rings (SSSR count). The molecule has 2 amide bonds. The summed E-state index contributed by atoms with van der Waals surface area (Å²) in [4.78, 5) is 33.6. The number of aromatic nitrogens is 2. The van der Waals surface area contributed by atoms with Gasteiger partial charge in [-0.1, -0.05) is 50.8 Å². The Morgan fingerprint density at radius 1 is 1.03 bits per heavy atom. The standard InChI is InChI=1S/C26H29N5O2/c1-2-3-4-5-8-15-27-25(33)18-11-13-20(14-12-18)29-26-28-17-19-16-23(32)30-22-10-7-6-9-21(22)24(19)31-26/h6-7,9-14,17H,2-5,8,15-16H2,1H3,(H,27,33)(H,30,32)(H,28,29,31). The zero-order valence-corrected chi connectivity index (χ0v) is 18.9. The molecule has 7 nitrogen and oxygen atoms in total. The van der Waals surface area contributed by atoms with Crippen molar-refractivity contribution in [2.75, 3.05) is 17.2 Å². The smallest absolute Gasteiger partial charge is 0.251 e. The Morgan fingerprint density at radius 3 is 2.64 bits per heavy atom. The number of amides is 2. The van der Waals surface area contributed by atoms with Gasteiger partial charge in [0.05, 0.1) is 17.8 Å². The van der Waals surface area contributed by atoms with Crippen molar-refractivity contribution in [1.82, 2.24) is 15.3 Å². The third-order valence-electron chi connectivity index (χ3n) is 5.64. The van der Waals surface area contributed by atoms with Crippen LogP contribution in [0.25, 0.3) is 11.3 Å². The lowest BCUT2D eigenvalue weighted by molar-refractivity contribution is -0.115. The molecule has 0 spiro atoms. The summed E-state index contributed by atoms with van der Waals surface area (Å²) >= 11 is 0. The normalized spacial score (nSPS) is 12.2. The van der Waals surface area contributed by atoms with E-state index < -0.39 is 0 Å². The molecule has 3 aromatic rings. The predicted molar refractivity (Wildman–Crippen MR) is 131 cm³/mol. The van der Waals surface area contributed by atoms with E-state index in [1.165, 1.54) is 19.3 Å². The number of hydrogen-bond acceptors (Lipinski definition) is 5. The van der Waals surface area contributed by atoms with Gasteiger partial charge in [0.2, 0.25) is 11.9 Å². The molecule has 0 aliphatic carbocycles. The number of fused-ring (bicyclic) bond motifs is 3. The largest absolute Gasteiger partial charge is 0.352 e. The summed E-state index contributed by atoms with van der Waals surface area (Å²) in [5, 5.41) is 9.09. The van der Waals surface area contributed by atoms with E-state index in [-0.39, 0.29) is 18.2 Å². The van der Waals surface area contributed by atoms with Gasteiger partial charge in [-0.25, -0.2) is 9.97 Å². The topological polar surface area (TPSA) is 96.0 Å². The molecule has 0 radical (unpaired) electrons. The van der Waals surface area contributed by atoms with Gasteiger partial charge in [-0.15, -0.1) is 0 Å². The Balaban J connectivity index is 1.41. The number of anilines is 3. The predicted octanol–water partition coefficient (Wildman–Crippen LogP) is 5.08. The fourth-order valence-corrected chi connectivity index (χ4v) is 3.86. The van der Waals surface area contributed by atoms with E-state index >= 15 is 0 Å². The minimum atomic E-state index is -0.0830. The van der Waals surface area contributed by atoms with Crippen LogP contribution in [-0.4, -0.2) is 28.3 Å². The molecule has 3 N–H and O–H groups in total. The number of benzene rings is 2. The van der Waals surface area contributed by atoms with Crippen molar-refractivity contribution in [3.8, 4) is 11.3 Å². The number of para-hydroxylation sites is 1. The van der Waals surface area contributed by atoms with Gasteiger partial charge >= 0.3 is 0 Å². The van der Waals surface area contributed by atoms with Crippen LogP contribution >= 0.6 is 0 Å². The van der Waals surface area contributed by atoms with Crippen molar-refractivity contribution in [3.05, 3.63) is 65.9 Å². The first-order chi connectivity index (χ1) is 16.1. The molecule has 2 heterocycles. The van der Waals surface area contributed by atoms with Crippen molar-refractivity contribution >= 4 is 29.1 Å². The van der Waals surface area contributed by atoms with Gasteiger partial charge < -0.3 is 16.0 Å². The first-order valence-corrected chi connectivity index (χ1v) is 11.5. The Kier molecular flexibility index (Phi) is 7.29. The summed E-state index contributed by atoms with van der Waals surface area (Å²) in [7, 11) is 0. The Labute approximate surface area is 194 Å². The Bertz CT molecular complexity index is 1130. The van der Waals surface area contributed by atoms with Crippen molar-refractivity contribution in [2.45, 2.75) is 45.4 Å². The second-order valence-electron chi connectivity index (χ2n) is 8.21. The summed E-state index contributed by atoms with van der Waals surface area (Å²) in [6, 6.07) is 14.9. The van der Waals surface area contributed by atoms with Crippen LogP contribution in [0.4, 0.5) is 17.3 Å². The highest BCUT2D eigenvalue weighted by atomic mass is 16.2. The Morgan fingerprint density at radius 2 is 1.82 bits per heavy atom. The fourth-order valence-electron chi connectivity index (χ4n) is 3.86. The number of unbranched alkanes of at least 4 members (excludes halogenated alkanes) is 4. The molecule has 2 aromatic carbocycles. The highest BCUT2D eigenvalue weighted by Gasteiger charge is 2.20. The lowest BCUT2D eigenvalue weighted by Crippen LogP contribution is -2.24. The van der Waals surface area contributed by atoms with Crippen LogP contribution in [0.3, 0.4) is 0 Å². The monoisotopic (exact) mass is 443 g/mol.